The molecule has 2 fully saturated rings. The summed E-state index contributed by atoms with van der Waals surface area (Å²) in [7, 11) is 0. The van der Waals surface area contributed by atoms with E-state index in [0.717, 1.165) is 43.5 Å². The topological polar surface area (TPSA) is 76.3 Å². The fourth-order valence-corrected chi connectivity index (χ4v) is 4.57. The van der Waals surface area contributed by atoms with Gasteiger partial charge in [-0.15, -0.1) is 0 Å². The summed E-state index contributed by atoms with van der Waals surface area (Å²) >= 11 is 0. The van der Waals surface area contributed by atoms with E-state index in [1.165, 1.54) is 12.3 Å². The first-order valence-corrected chi connectivity index (χ1v) is 10.6. The number of aromatic carboxylic acids is 1. The van der Waals surface area contributed by atoms with Gasteiger partial charge in [0.25, 0.3) is 0 Å². The second kappa shape index (κ2) is 8.19. The summed E-state index contributed by atoms with van der Waals surface area (Å²) in [6.07, 6.45) is 6.64. The minimum absolute atomic E-state index is 0.0517. The molecule has 0 amide bonds. The van der Waals surface area contributed by atoms with Crippen LogP contribution in [0.1, 0.15) is 47.6 Å². The van der Waals surface area contributed by atoms with Crippen molar-refractivity contribution >= 4 is 17.2 Å². The molecule has 0 aliphatic carbocycles. The summed E-state index contributed by atoms with van der Waals surface area (Å²) in [6.45, 7) is 2.15. The Labute approximate surface area is 179 Å². The van der Waals surface area contributed by atoms with Crippen LogP contribution in [0.3, 0.4) is 0 Å². The van der Waals surface area contributed by atoms with Crippen molar-refractivity contribution in [3.05, 3.63) is 59.7 Å². The van der Waals surface area contributed by atoms with Gasteiger partial charge in [-0.3, -0.25) is 0 Å². The van der Waals surface area contributed by atoms with Crippen molar-refractivity contribution in [1.82, 2.24) is 9.61 Å². The van der Waals surface area contributed by atoms with E-state index >= 15 is 0 Å². The standard InChI is InChI=1S/C23H24FN3O4/c24-15-3-4-22(31-17-6-10-30-11-7-17)18(12-15)20-2-1-8-26(20)16-5-9-27-21(13-16)19(14-25-27)23(28)29/h3-5,9,12-14,17,20H,1-2,6-8,10-11H2,(H,28,29)/t20-/m1/s1. The first-order chi connectivity index (χ1) is 15.1. The zero-order valence-corrected chi connectivity index (χ0v) is 17.0. The number of carboxylic acid groups (broad SMARTS) is 1. The number of halogens is 1. The summed E-state index contributed by atoms with van der Waals surface area (Å²) < 4.78 is 27.5. The molecule has 0 saturated carbocycles. The fraction of sp³-hybridized carbons (Fsp3) is 0.391. The highest BCUT2D eigenvalue weighted by Gasteiger charge is 2.30. The van der Waals surface area contributed by atoms with E-state index < -0.39 is 5.97 Å². The largest absolute Gasteiger partial charge is 0.490 e. The number of pyridine rings is 1. The third-order valence-corrected chi connectivity index (χ3v) is 6.11. The molecule has 0 spiro atoms. The van der Waals surface area contributed by atoms with Crippen molar-refractivity contribution in [2.45, 2.75) is 37.8 Å². The highest BCUT2D eigenvalue weighted by molar-refractivity contribution is 5.95. The van der Waals surface area contributed by atoms with Crippen LogP contribution in [0.4, 0.5) is 10.1 Å². The Bertz CT molecular complexity index is 1110. The van der Waals surface area contributed by atoms with Gasteiger partial charge in [-0.2, -0.15) is 5.10 Å². The first kappa shape index (κ1) is 19.8. The predicted molar refractivity (Wildman–Crippen MR) is 112 cm³/mol. The average molecular weight is 425 g/mol. The quantitative estimate of drug-likeness (QED) is 0.664. The Morgan fingerprint density at radius 3 is 2.84 bits per heavy atom. The lowest BCUT2D eigenvalue weighted by atomic mass is 10.0. The molecule has 1 aromatic carbocycles. The average Bonchev–Trinajstić information content (AvgIpc) is 3.42. The lowest BCUT2D eigenvalue weighted by Gasteiger charge is -2.30. The number of ether oxygens (including phenoxy) is 2. The van der Waals surface area contributed by atoms with E-state index in [4.69, 9.17) is 9.47 Å². The smallest absolute Gasteiger partial charge is 0.339 e. The van der Waals surface area contributed by atoms with E-state index in [2.05, 4.69) is 10.00 Å². The molecular formula is C23H24FN3O4. The number of carbonyl (C=O) groups is 1. The van der Waals surface area contributed by atoms with Crippen molar-refractivity contribution in [3.63, 3.8) is 0 Å². The van der Waals surface area contributed by atoms with Crippen molar-refractivity contribution in [2.75, 3.05) is 24.7 Å². The normalized spacial score (nSPS) is 19.8. The van der Waals surface area contributed by atoms with Crippen molar-refractivity contribution in [1.29, 1.82) is 0 Å². The monoisotopic (exact) mass is 425 g/mol. The fourth-order valence-electron chi connectivity index (χ4n) is 4.57. The van der Waals surface area contributed by atoms with E-state index in [1.54, 1.807) is 22.8 Å². The highest BCUT2D eigenvalue weighted by atomic mass is 19.1. The SMILES string of the molecule is O=C(O)c1cnn2ccc(N3CCC[C@@H]3c3cc(F)ccc3OC3CCOCC3)cc12. The third-order valence-electron chi connectivity index (χ3n) is 6.11. The van der Waals surface area contributed by atoms with Crippen molar-refractivity contribution in [3.8, 4) is 5.75 Å². The Morgan fingerprint density at radius 2 is 2.03 bits per heavy atom. The van der Waals surface area contributed by atoms with E-state index in [1.807, 2.05) is 12.1 Å². The summed E-state index contributed by atoms with van der Waals surface area (Å²) in [5, 5.41) is 13.6. The maximum absolute atomic E-state index is 14.2. The summed E-state index contributed by atoms with van der Waals surface area (Å²) in [6, 6.07) is 8.44. The number of aromatic nitrogens is 2. The third kappa shape index (κ3) is 3.83. The second-order valence-electron chi connectivity index (χ2n) is 8.04. The van der Waals surface area contributed by atoms with Crippen LogP contribution in [-0.4, -0.2) is 46.6 Å². The Hall–Kier alpha value is -3.13. The van der Waals surface area contributed by atoms with Crippen LogP contribution >= 0.6 is 0 Å². The van der Waals surface area contributed by atoms with Gasteiger partial charge in [-0.25, -0.2) is 13.7 Å². The molecule has 1 N–H and O–H groups in total. The molecule has 1 atom stereocenters. The maximum Gasteiger partial charge on any atom is 0.339 e. The van der Waals surface area contributed by atoms with Crippen LogP contribution in [0.15, 0.2) is 42.7 Å². The number of hydrogen-bond donors (Lipinski definition) is 1. The molecule has 4 heterocycles. The van der Waals surface area contributed by atoms with Crippen molar-refractivity contribution < 1.29 is 23.8 Å². The summed E-state index contributed by atoms with van der Waals surface area (Å²) in [4.78, 5) is 13.7. The van der Waals surface area contributed by atoms with Crippen LogP contribution in [0.2, 0.25) is 0 Å². The van der Waals surface area contributed by atoms with Gasteiger partial charge in [0.1, 0.15) is 23.2 Å². The van der Waals surface area contributed by atoms with Gasteiger partial charge in [0, 0.05) is 36.8 Å². The second-order valence-corrected chi connectivity index (χ2v) is 8.04. The predicted octanol–water partition coefficient (Wildman–Crippen LogP) is 4.07. The highest BCUT2D eigenvalue weighted by Crippen LogP contribution is 2.41. The number of anilines is 1. The van der Waals surface area contributed by atoms with E-state index in [-0.39, 0.29) is 23.5 Å². The molecule has 2 saturated heterocycles. The molecule has 162 valence electrons. The molecule has 2 aliphatic heterocycles. The zero-order chi connectivity index (χ0) is 21.4. The minimum Gasteiger partial charge on any atom is -0.490 e. The first-order valence-electron chi connectivity index (χ1n) is 10.6. The molecular weight excluding hydrogens is 401 g/mol. The van der Waals surface area contributed by atoms with Crippen LogP contribution in [0.25, 0.3) is 5.52 Å². The van der Waals surface area contributed by atoms with Gasteiger partial charge >= 0.3 is 5.97 Å². The summed E-state index contributed by atoms with van der Waals surface area (Å²) in [5.74, 6) is -0.593. The van der Waals surface area contributed by atoms with E-state index in [9.17, 15) is 14.3 Å². The molecule has 2 aliphatic rings. The Balaban J connectivity index is 1.49. The number of fused-ring (bicyclic) bond motifs is 1. The van der Waals surface area contributed by atoms with Crippen LogP contribution in [0, 0.1) is 5.82 Å². The molecule has 5 rings (SSSR count). The van der Waals surface area contributed by atoms with Gasteiger partial charge < -0.3 is 19.5 Å². The molecule has 0 radical (unpaired) electrons. The number of nitrogens with zero attached hydrogens (tertiary/aromatic N) is 3. The molecule has 0 unspecified atom stereocenters. The van der Waals surface area contributed by atoms with Crippen LogP contribution < -0.4 is 9.64 Å². The Kier molecular flexibility index (Phi) is 5.23. The minimum atomic E-state index is -1.01. The molecule has 8 heteroatoms. The molecule has 7 nitrogen and oxygen atoms in total. The van der Waals surface area contributed by atoms with Crippen LogP contribution in [-0.2, 0) is 4.74 Å². The van der Waals surface area contributed by atoms with Crippen molar-refractivity contribution in [2.24, 2.45) is 0 Å². The van der Waals surface area contributed by atoms with Gasteiger partial charge in [0.2, 0.25) is 0 Å². The van der Waals surface area contributed by atoms with Gasteiger partial charge in [0.15, 0.2) is 0 Å². The van der Waals surface area contributed by atoms with Gasteiger partial charge in [-0.05, 0) is 43.2 Å². The summed E-state index contributed by atoms with van der Waals surface area (Å²) in [5.41, 5.74) is 2.41. The maximum atomic E-state index is 14.2. The van der Waals surface area contributed by atoms with Gasteiger partial charge in [0.05, 0.1) is 31.0 Å². The number of carboxylic acids is 1. The van der Waals surface area contributed by atoms with E-state index in [0.29, 0.717) is 24.5 Å². The number of rotatable bonds is 5. The lowest BCUT2D eigenvalue weighted by Crippen LogP contribution is -2.28. The number of benzene rings is 1. The zero-order valence-electron chi connectivity index (χ0n) is 17.0. The molecule has 2 aromatic heterocycles. The van der Waals surface area contributed by atoms with Gasteiger partial charge in [-0.1, -0.05) is 0 Å². The number of hydrogen-bond acceptors (Lipinski definition) is 5. The lowest BCUT2D eigenvalue weighted by molar-refractivity contribution is 0.0250. The van der Waals surface area contributed by atoms with Crippen LogP contribution in [0.5, 0.6) is 5.75 Å². The Morgan fingerprint density at radius 1 is 1.19 bits per heavy atom. The molecule has 0 bridgehead atoms. The molecule has 3 aromatic rings. The molecule has 31 heavy (non-hydrogen) atoms.